The first-order valence-electron chi connectivity index (χ1n) is 7.98. The standard InChI is InChI=1S/C16H31NO/c1-2-3-4-5-8-11-15(18)16(14-17)12-9-6-7-10-13-16/h2-14,17H2,1H3. The highest BCUT2D eigenvalue weighted by Gasteiger charge is 2.35. The molecule has 0 amide bonds. The van der Waals surface area contributed by atoms with Crippen LogP contribution in [0.2, 0.25) is 0 Å². The second kappa shape index (κ2) is 8.68. The largest absolute Gasteiger partial charge is 0.329 e. The van der Waals surface area contributed by atoms with E-state index in [4.69, 9.17) is 5.73 Å². The van der Waals surface area contributed by atoms with Crippen LogP contribution in [-0.4, -0.2) is 12.3 Å². The normalized spacial score (nSPS) is 19.4. The lowest BCUT2D eigenvalue weighted by molar-refractivity contribution is -0.129. The van der Waals surface area contributed by atoms with Crippen LogP contribution in [-0.2, 0) is 4.79 Å². The number of carbonyl (C=O) groups is 1. The average Bonchev–Trinajstić information content (AvgIpc) is 2.64. The van der Waals surface area contributed by atoms with Crippen molar-refractivity contribution in [3.8, 4) is 0 Å². The third-order valence-electron chi connectivity index (χ3n) is 4.55. The van der Waals surface area contributed by atoms with Gasteiger partial charge in [0.25, 0.3) is 0 Å². The van der Waals surface area contributed by atoms with Gasteiger partial charge in [0, 0.05) is 18.4 Å². The summed E-state index contributed by atoms with van der Waals surface area (Å²) in [5.74, 6) is 0.461. The van der Waals surface area contributed by atoms with Crippen molar-refractivity contribution < 1.29 is 4.79 Å². The number of unbranched alkanes of at least 4 members (excludes halogenated alkanes) is 4. The van der Waals surface area contributed by atoms with Gasteiger partial charge in [-0.05, 0) is 19.3 Å². The SMILES string of the molecule is CCCCCCCC(=O)C1(CN)CCCCCC1. The van der Waals surface area contributed by atoms with Crippen LogP contribution in [0.1, 0.15) is 84.0 Å². The molecule has 0 unspecified atom stereocenters. The fraction of sp³-hybridized carbons (Fsp3) is 0.938. The van der Waals surface area contributed by atoms with Crippen LogP contribution in [0.4, 0.5) is 0 Å². The smallest absolute Gasteiger partial charge is 0.140 e. The number of rotatable bonds is 8. The van der Waals surface area contributed by atoms with Gasteiger partial charge < -0.3 is 5.73 Å². The second-order valence-corrected chi connectivity index (χ2v) is 5.99. The number of hydrogen-bond acceptors (Lipinski definition) is 2. The average molecular weight is 253 g/mol. The molecule has 0 aromatic carbocycles. The molecule has 1 rings (SSSR count). The zero-order valence-electron chi connectivity index (χ0n) is 12.2. The molecule has 2 nitrogen and oxygen atoms in total. The summed E-state index contributed by atoms with van der Waals surface area (Å²) in [5, 5.41) is 0. The Bertz CT molecular complexity index is 229. The van der Waals surface area contributed by atoms with Gasteiger partial charge in [0.15, 0.2) is 0 Å². The molecule has 0 atom stereocenters. The van der Waals surface area contributed by atoms with E-state index in [1.165, 1.54) is 51.4 Å². The van der Waals surface area contributed by atoms with Crippen molar-refractivity contribution in [2.45, 2.75) is 84.0 Å². The Morgan fingerprint density at radius 2 is 1.61 bits per heavy atom. The molecule has 0 heterocycles. The first kappa shape index (κ1) is 15.7. The molecule has 1 aliphatic rings. The van der Waals surface area contributed by atoms with Gasteiger partial charge in [0.2, 0.25) is 0 Å². The van der Waals surface area contributed by atoms with Crippen molar-refractivity contribution in [2.75, 3.05) is 6.54 Å². The van der Waals surface area contributed by atoms with Gasteiger partial charge in [0.1, 0.15) is 5.78 Å². The molecule has 18 heavy (non-hydrogen) atoms. The number of hydrogen-bond donors (Lipinski definition) is 1. The molecule has 1 aliphatic carbocycles. The monoisotopic (exact) mass is 253 g/mol. The fourth-order valence-corrected chi connectivity index (χ4v) is 3.16. The van der Waals surface area contributed by atoms with Crippen molar-refractivity contribution in [1.82, 2.24) is 0 Å². The van der Waals surface area contributed by atoms with E-state index in [1.54, 1.807) is 0 Å². The van der Waals surface area contributed by atoms with E-state index in [2.05, 4.69) is 6.92 Å². The van der Waals surface area contributed by atoms with Crippen LogP contribution in [0.25, 0.3) is 0 Å². The molecule has 2 N–H and O–H groups in total. The van der Waals surface area contributed by atoms with Crippen molar-refractivity contribution >= 4 is 5.78 Å². The van der Waals surface area contributed by atoms with Gasteiger partial charge in [-0.3, -0.25) is 4.79 Å². The molecule has 1 saturated carbocycles. The molecule has 0 bridgehead atoms. The van der Waals surface area contributed by atoms with Crippen molar-refractivity contribution in [3.63, 3.8) is 0 Å². The quantitative estimate of drug-likeness (QED) is 0.520. The molecule has 0 aromatic rings. The lowest BCUT2D eigenvalue weighted by Gasteiger charge is -2.29. The first-order valence-corrected chi connectivity index (χ1v) is 7.98. The minimum absolute atomic E-state index is 0.152. The van der Waals surface area contributed by atoms with Crippen molar-refractivity contribution in [2.24, 2.45) is 11.1 Å². The van der Waals surface area contributed by atoms with Crippen molar-refractivity contribution in [1.29, 1.82) is 0 Å². The second-order valence-electron chi connectivity index (χ2n) is 5.99. The third-order valence-corrected chi connectivity index (χ3v) is 4.55. The highest BCUT2D eigenvalue weighted by Crippen LogP contribution is 2.36. The van der Waals surface area contributed by atoms with Gasteiger partial charge in [-0.15, -0.1) is 0 Å². The Kier molecular flexibility index (Phi) is 7.57. The zero-order chi connectivity index (χ0) is 13.3. The number of nitrogens with two attached hydrogens (primary N) is 1. The van der Waals surface area contributed by atoms with E-state index in [0.717, 1.165) is 25.7 Å². The van der Waals surface area contributed by atoms with E-state index >= 15 is 0 Å². The van der Waals surface area contributed by atoms with Crippen LogP contribution >= 0.6 is 0 Å². The number of Topliss-reactive ketones (excluding diaryl/α,β-unsaturated/α-hetero) is 1. The Balaban J connectivity index is 2.35. The molecular weight excluding hydrogens is 222 g/mol. The van der Waals surface area contributed by atoms with E-state index in [1.807, 2.05) is 0 Å². The van der Waals surface area contributed by atoms with Gasteiger partial charge in [-0.25, -0.2) is 0 Å². The van der Waals surface area contributed by atoms with Gasteiger partial charge in [-0.1, -0.05) is 58.3 Å². The molecule has 1 fully saturated rings. The molecule has 0 aromatic heterocycles. The van der Waals surface area contributed by atoms with Crippen LogP contribution in [0.3, 0.4) is 0 Å². The number of carbonyl (C=O) groups excluding carboxylic acids is 1. The molecule has 0 radical (unpaired) electrons. The van der Waals surface area contributed by atoms with Gasteiger partial charge in [-0.2, -0.15) is 0 Å². The Morgan fingerprint density at radius 1 is 1.00 bits per heavy atom. The predicted octanol–water partition coefficient (Wildman–Crippen LogP) is 4.22. The van der Waals surface area contributed by atoms with Crippen molar-refractivity contribution in [3.05, 3.63) is 0 Å². The van der Waals surface area contributed by atoms with E-state index in [0.29, 0.717) is 12.3 Å². The summed E-state index contributed by atoms with van der Waals surface area (Å²) in [7, 11) is 0. The molecule has 0 aliphatic heterocycles. The predicted molar refractivity (Wildman–Crippen MR) is 77.6 cm³/mol. The maximum Gasteiger partial charge on any atom is 0.140 e. The van der Waals surface area contributed by atoms with Gasteiger partial charge in [0.05, 0.1) is 0 Å². The highest BCUT2D eigenvalue weighted by atomic mass is 16.1. The Hall–Kier alpha value is -0.370. The van der Waals surface area contributed by atoms with E-state index < -0.39 is 0 Å². The maximum absolute atomic E-state index is 12.5. The highest BCUT2D eigenvalue weighted by molar-refractivity contribution is 5.85. The summed E-state index contributed by atoms with van der Waals surface area (Å²) < 4.78 is 0. The summed E-state index contributed by atoms with van der Waals surface area (Å²) in [5.41, 5.74) is 5.79. The molecule has 2 heteroatoms. The summed E-state index contributed by atoms with van der Waals surface area (Å²) >= 11 is 0. The maximum atomic E-state index is 12.5. The molecular formula is C16H31NO. The van der Waals surface area contributed by atoms with Crippen LogP contribution in [0.5, 0.6) is 0 Å². The minimum Gasteiger partial charge on any atom is -0.329 e. The minimum atomic E-state index is -0.152. The molecule has 0 spiro atoms. The molecule has 106 valence electrons. The summed E-state index contributed by atoms with van der Waals surface area (Å²) in [6, 6.07) is 0. The lowest BCUT2D eigenvalue weighted by Crippen LogP contribution is -2.38. The third kappa shape index (κ3) is 4.72. The topological polar surface area (TPSA) is 43.1 Å². The summed E-state index contributed by atoms with van der Waals surface area (Å²) in [4.78, 5) is 12.5. The number of ketones is 1. The van der Waals surface area contributed by atoms with Gasteiger partial charge >= 0.3 is 0 Å². The lowest BCUT2D eigenvalue weighted by atomic mass is 9.75. The Morgan fingerprint density at radius 3 is 2.17 bits per heavy atom. The van der Waals surface area contributed by atoms with Crippen LogP contribution in [0.15, 0.2) is 0 Å². The zero-order valence-corrected chi connectivity index (χ0v) is 12.2. The van der Waals surface area contributed by atoms with E-state index in [-0.39, 0.29) is 5.41 Å². The summed E-state index contributed by atoms with van der Waals surface area (Å²) in [6.45, 7) is 2.79. The summed E-state index contributed by atoms with van der Waals surface area (Å²) in [6.07, 6.45) is 13.9. The Labute approximate surface area is 113 Å². The van der Waals surface area contributed by atoms with Crippen LogP contribution in [0, 0.1) is 5.41 Å². The first-order chi connectivity index (χ1) is 8.75. The fourth-order valence-electron chi connectivity index (χ4n) is 3.16. The van der Waals surface area contributed by atoms with E-state index in [9.17, 15) is 4.79 Å². The molecule has 0 saturated heterocycles. The van der Waals surface area contributed by atoms with Crippen LogP contribution < -0.4 is 5.73 Å².